The van der Waals surface area contributed by atoms with Gasteiger partial charge in [0.1, 0.15) is 5.82 Å². The molecular weight excluding hydrogens is 1000 g/mol. The van der Waals surface area contributed by atoms with E-state index in [1.807, 2.05) is 59.7 Å². The van der Waals surface area contributed by atoms with Crippen molar-refractivity contribution < 1.29 is 25.8 Å². The fourth-order valence-corrected chi connectivity index (χ4v) is 12.6. The summed E-state index contributed by atoms with van der Waals surface area (Å²) in [5, 5.41) is 2.24. The van der Waals surface area contributed by atoms with Gasteiger partial charge in [-0.2, -0.15) is 12.1 Å². The van der Waals surface area contributed by atoms with E-state index in [0.29, 0.717) is 11.5 Å². The van der Waals surface area contributed by atoms with Crippen LogP contribution in [0.3, 0.4) is 0 Å². The van der Waals surface area contributed by atoms with Crippen molar-refractivity contribution in [2.24, 2.45) is 0 Å². The standard InChI is InChI=1S/C52H34N5OS3.Pt/c1-52(2,3)31-23-24-53-48(25-31)56-38-14-5-4-13-36(38)37-22-21-35(29-41(37)56)58-34-12-8-11-32(26-34)54-30-55(40-16-7-6-15-39(40)54)33-27-46-51-47(28-33)61-45-20-10-18-43-50(45)57(51)49-42(59-43)17-9-19-44(49)60-46;/h4-25,27-28,30H,1-3H3;/q-3;. The Labute approximate surface area is 387 Å². The molecule has 2 aromatic heterocycles. The van der Waals surface area contributed by atoms with Crippen LogP contribution in [0.1, 0.15) is 26.3 Å². The predicted octanol–water partition coefficient (Wildman–Crippen LogP) is 15.1. The summed E-state index contributed by atoms with van der Waals surface area (Å²) >= 11 is 5.62. The monoisotopic (exact) mass is 1040 g/mol. The van der Waals surface area contributed by atoms with Crippen LogP contribution in [0.4, 0.5) is 39.8 Å². The summed E-state index contributed by atoms with van der Waals surface area (Å²) in [6, 6.07) is 56.9. The number of fused-ring (bicyclic) bond motifs is 4. The van der Waals surface area contributed by atoms with Gasteiger partial charge in [-0.25, -0.2) is 4.98 Å². The number of anilines is 7. The number of hydrogen-bond acceptors (Lipinski definition) is 8. The van der Waals surface area contributed by atoms with Crippen molar-refractivity contribution in [3.8, 4) is 17.3 Å². The Balaban J connectivity index is 0.00000410. The summed E-state index contributed by atoms with van der Waals surface area (Å²) < 4.78 is 8.81. The van der Waals surface area contributed by atoms with Crippen LogP contribution in [0.2, 0.25) is 0 Å². The van der Waals surface area contributed by atoms with Crippen LogP contribution in [0.15, 0.2) is 175 Å². The third kappa shape index (κ3) is 5.82. The van der Waals surface area contributed by atoms with E-state index in [1.165, 1.54) is 52.0 Å². The molecular formula is C52H34N5OPtS3-3. The summed E-state index contributed by atoms with van der Waals surface area (Å²) in [5.41, 5.74) is 11.3. The minimum absolute atomic E-state index is 0. The van der Waals surface area contributed by atoms with Crippen LogP contribution in [-0.4, -0.2) is 9.55 Å². The number of nitrogens with zero attached hydrogens (tertiary/aromatic N) is 5. The Hall–Kier alpha value is -5.57. The Morgan fingerprint density at radius 2 is 1.19 bits per heavy atom. The zero-order chi connectivity index (χ0) is 40.6. The van der Waals surface area contributed by atoms with Crippen LogP contribution in [-0.2, 0) is 26.5 Å². The molecule has 4 aliphatic heterocycles. The second-order valence-electron chi connectivity index (χ2n) is 16.6. The molecule has 9 aromatic rings. The van der Waals surface area contributed by atoms with E-state index in [0.717, 1.165) is 50.4 Å². The predicted molar refractivity (Wildman–Crippen MR) is 250 cm³/mol. The molecule has 62 heavy (non-hydrogen) atoms. The van der Waals surface area contributed by atoms with Gasteiger partial charge in [-0.3, -0.25) is 0 Å². The molecule has 4 aliphatic rings. The van der Waals surface area contributed by atoms with E-state index in [4.69, 9.17) is 9.72 Å². The molecule has 0 saturated carbocycles. The summed E-state index contributed by atoms with van der Waals surface area (Å²) in [7, 11) is 0. The van der Waals surface area contributed by atoms with Gasteiger partial charge < -0.3 is 24.0 Å². The molecule has 0 fully saturated rings. The summed E-state index contributed by atoms with van der Waals surface area (Å²) in [6.07, 6.45) is 1.90. The maximum Gasteiger partial charge on any atom is 0.135 e. The number of para-hydroxylation sites is 5. The van der Waals surface area contributed by atoms with Crippen molar-refractivity contribution in [2.45, 2.75) is 55.6 Å². The van der Waals surface area contributed by atoms with Crippen LogP contribution >= 0.6 is 35.3 Å². The topological polar surface area (TPSA) is 36.8 Å². The van der Waals surface area contributed by atoms with Gasteiger partial charge in [0, 0.05) is 90.7 Å². The number of aromatic nitrogens is 2. The molecule has 0 N–H and O–H groups in total. The van der Waals surface area contributed by atoms with Gasteiger partial charge >= 0.3 is 0 Å². The molecule has 0 aliphatic carbocycles. The van der Waals surface area contributed by atoms with Gasteiger partial charge in [0.2, 0.25) is 0 Å². The molecule has 0 radical (unpaired) electrons. The fourth-order valence-electron chi connectivity index (χ4n) is 8.99. The Morgan fingerprint density at radius 1 is 0.581 bits per heavy atom. The van der Waals surface area contributed by atoms with Gasteiger partial charge in [-0.15, -0.1) is 48.1 Å². The molecule has 0 saturated heterocycles. The summed E-state index contributed by atoms with van der Waals surface area (Å²) in [6.45, 7) is 8.87. The number of ether oxygens (including phenoxy) is 1. The molecule has 0 spiro atoms. The molecule has 0 atom stereocenters. The fraction of sp³-hybridized carbons (Fsp3) is 0.0769. The van der Waals surface area contributed by atoms with Crippen LogP contribution in [0.25, 0.3) is 27.6 Å². The number of pyridine rings is 1. The average molecular weight is 1040 g/mol. The molecule has 304 valence electrons. The Bertz CT molecular complexity index is 3260. The van der Waals surface area contributed by atoms with Crippen molar-refractivity contribution in [2.75, 3.05) is 14.7 Å². The Kier molecular flexibility index (Phi) is 8.75. The molecule has 0 amide bonds. The van der Waals surface area contributed by atoms with E-state index in [2.05, 4.69) is 180 Å². The quantitative estimate of drug-likeness (QED) is 0.158. The molecule has 7 aromatic carbocycles. The van der Waals surface area contributed by atoms with Crippen LogP contribution < -0.4 is 19.4 Å². The number of benzene rings is 7. The van der Waals surface area contributed by atoms with Crippen molar-refractivity contribution in [3.05, 3.63) is 170 Å². The maximum absolute atomic E-state index is 6.62. The first-order chi connectivity index (χ1) is 29.8. The first-order valence-electron chi connectivity index (χ1n) is 20.3. The zero-order valence-corrected chi connectivity index (χ0v) is 38.3. The van der Waals surface area contributed by atoms with E-state index >= 15 is 0 Å². The summed E-state index contributed by atoms with van der Waals surface area (Å²) in [5.74, 6) is 2.07. The second kappa shape index (κ2) is 14.2. The molecule has 6 heterocycles. The SMILES string of the molecule is CC(C)(C)c1ccnc(-n2c3[c-]c(Oc4[c-]c(N5[CH-]N(c6cc7c8c(c6)Sc6cccc9c6N8c6c(cccc6S7)S9)c6ccccc65)ccc4)ccc3c3ccccc32)c1.[Pt]. The minimum atomic E-state index is -0.0176. The molecule has 0 bridgehead atoms. The largest absolute Gasteiger partial charge is 0.509 e. The van der Waals surface area contributed by atoms with E-state index in [1.54, 1.807) is 0 Å². The van der Waals surface area contributed by atoms with Crippen molar-refractivity contribution in [3.63, 3.8) is 0 Å². The van der Waals surface area contributed by atoms with Crippen LogP contribution in [0, 0.1) is 18.8 Å². The van der Waals surface area contributed by atoms with E-state index < -0.39 is 0 Å². The zero-order valence-electron chi connectivity index (χ0n) is 33.6. The van der Waals surface area contributed by atoms with Gasteiger partial charge in [-0.1, -0.05) is 104 Å². The van der Waals surface area contributed by atoms with Gasteiger partial charge in [0.25, 0.3) is 0 Å². The van der Waals surface area contributed by atoms with Gasteiger partial charge in [0.15, 0.2) is 0 Å². The molecule has 13 rings (SSSR count). The molecule has 10 heteroatoms. The number of hydrogen-bond donors (Lipinski definition) is 0. The first-order valence-corrected chi connectivity index (χ1v) is 22.7. The Morgan fingerprint density at radius 3 is 1.90 bits per heavy atom. The third-order valence-electron chi connectivity index (χ3n) is 11.8. The minimum Gasteiger partial charge on any atom is -0.509 e. The van der Waals surface area contributed by atoms with E-state index in [-0.39, 0.29) is 26.5 Å². The normalized spacial score (nSPS) is 14.2. The van der Waals surface area contributed by atoms with Gasteiger partial charge in [0.05, 0.1) is 17.1 Å². The molecule has 6 nitrogen and oxygen atoms in total. The summed E-state index contributed by atoms with van der Waals surface area (Å²) in [4.78, 5) is 19.6. The first kappa shape index (κ1) is 38.1. The van der Waals surface area contributed by atoms with Gasteiger partial charge in [-0.05, 0) is 83.1 Å². The van der Waals surface area contributed by atoms with Crippen LogP contribution in [0.5, 0.6) is 11.5 Å². The smallest absolute Gasteiger partial charge is 0.135 e. The maximum atomic E-state index is 6.62. The average Bonchev–Trinajstić information content (AvgIpc) is 3.82. The van der Waals surface area contributed by atoms with E-state index in [9.17, 15) is 0 Å². The van der Waals surface area contributed by atoms with Crippen molar-refractivity contribution >= 4 is 96.9 Å². The third-order valence-corrected chi connectivity index (χ3v) is 15.1. The van der Waals surface area contributed by atoms with Crippen molar-refractivity contribution in [1.82, 2.24) is 9.55 Å². The van der Waals surface area contributed by atoms with Crippen molar-refractivity contribution in [1.29, 1.82) is 0 Å². The number of rotatable bonds is 5. The molecule has 0 unspecified atom stereocenters. The second-order valence-corrected chi connectivity index (χ2v) is 19.8.